The van der Waals surface area contributed by atoms with Gasteiger partial charge in [0.1, 0.15) is 5.69 Å². The Morgan fingerprint density at radius 3 is 1.96 bits per heavy atom. The standard InChI is InChI=1S/C14H8ClF5N2S/c1-5-2-3-6(4-7(5)15)21-14(23)22-13-11(19)9(17)8(16)10(18)12(13)20/h2-4H,1H3,(H2,21,22,23). The van der Waals surface area contributed by atoms with Crippen LogP contribution >= 0.6 is 23.8 Å². The molecule has 0 bridgehead atoms. The van der Waals surface area contributed by atoms with Gasteiger partial charge < -0.3 is 10.6 Å². The number of hydrogen-bond acceptors (Lipinski definition) is 1. The minimum Gasteiger partial charge on any atom is -0.332 e. The lowest BCUT2D eigenvalue weighted by Crippen LogP contribution is -2.22. The van der Waals surface area contributed by atoms with Gasteiger partial charge in [0.05, 0.1) is 0 Å². The summed E-state index contributed by atoms with van der Waals surface area (Å²) in [6, 6.07) is 4.73. The summed E-state index contributed by atoms with van der Waals surface area (Å²) in [6.07, 6.45) is 0. The topological polar surface area (TPSA) is 24.1 Å². The molecule has 2 rings (SSSR count). The second kappa shape index (κ2) is 6.67. The van der Waals surface area contributed by atoms with E-state index in [-0.39, 0.29) is 5.11 Å². The summed E-state index contributed by atoms with van der Waals surface area (Å²) >= 11 is 10.7. The van der Waals surface area contributed by atoms with E-state index in [4.69, 9.17) is 23.8 Å². The summed E-state index contributed by atoms with van der Waals surface area (Å²) in [4.78, 5) is 0. The number of hydrogen-bond donors (Lipinski definition) is 2. The van der Waals surface area contributed by atoms with E-state index in [0.717, 1.165) is 5.56 Å². The highest BCUT2D eigenvalue weighted by Crippen LogP contribution is 2.27. The van der Waals surface area contributed by atoms with Crippen molar-refractivity contribution in [3.63, 3.8) is 0 Å². The van der Waals surface area contributed by atoms with Crippen LogP contribution in [0.5, 0.6) is 0 Å². The first kappa shape index (κ1) is 17.4. The molecule has 2 aromatic carbocycles. The first-order valence-corrected chi connectivity index (χ1v) is 6.86. The van der Waals surface area contributed by atoms with Crippen LogP contribution in [0.1, 0.15) is 5.56 Å². The van der Waals surface area contributed by atoms with Crippen LogP contribution in [0.25, 0.3) is 0 Å². The third kappa shape index (κ3) is 3.53. The van der Waals surface area contributed by atoms with Gasteiger partial charge in [0, 0.05) is 10.7 Å². The summed E-state index contributed by atoms with van der Waals surface area (Å²) in [5, 5.41) is 4.52. The van der Waals surface area contributed by atoms with Gasteiger partial charge in [0.15, 0.2) is 28.4 Å². The van der Waals surface area contributed by atoms with E-state index in [1.807, 2.05) is 5.32 Å². The van der Waals surface area contributed by atoms with E-state index >= 15 is 0 Å². The molecule has 0 unspecified atom stereocenters. The number of halogens is 6. The number of nitrogens with one attached hydrogen (secondary N) is 2. The zero-order valence-corrected chi connectivity index (χ0v) is 13.0. The van der Waals surface area contributed by atoms with E-state index in [0.29, 0.717) is 10.7 Å². The monoisotopic (exact) mass is 366 g/mol. The largest absolute Gasteiger partial charge is 0.332 e. The van der Waals surface area contributed by atoms with Crippen molar-refractivity contribution in [3.05, 3.63) is 57.9 Å². The summed E-state index contributed by atoms with van der Waals surface area (Å²) in [5.74, 6) is -10.4. The molecule has 0 heterocycles. The maximum absolute atomic E-state index is 13.5. The molecule has 0 aliphatic rings. The van der Waals surface area contributed by atoms with Crippen molar-refractivity contribution >= 4 is 40.3 Å². The van der Waals surface area contributed by atoms with Gasteiger partial charge in [0.25, 0.3) is 0 Å². The number of benzene rings is 2. The van der Waals surface area contributed by atoms with Gasteiger partial charge in [-0.3, -0.25) is 0 Å². The maximum atomic E-state index is 13.5. The third-order valence-corrected chi connectivity index (χ3v) is 3.49. The lowest BCUT2D eigenvalue weighted by molar-refractivity contribution is 0.382. The molecule has 9 heteroatoms. The van der Waals surface area contributed by atoms with E-state index in [1.54, 1.807) is 19.1 Å². The van der Waals surface area contributed by atoms with Gasteiger partial charge in [-0.15, -0.1) is 0 Å². The molecule has 0 radical (unpaired) electrons. The van der Waals surface area contributed by atoms with E-state index < -0.39 is 34.8 Å². The van der Waals surface area contributed by atoms with Gasteiger partial charge in [-0.2, -0.15) is 0 Å². The van der Waals surface area contributed by atoms with Gasteiger partial charge in [-0.25, -0.2) is 22.0 Å². The Balaban J connectivity index is 2.25. The SMILES string of the molecule is Cc1ccc(NC(=S)Nc2c(F)c(F)c(F)c(F)c2F)cc1Cl. The third-order valence-electron chi connectivity index (χ3n) is 2.88. The number of aryl methyl sites for hydroxylation is 1. The molecule has 0 amide bonds. The smallest absolute Gasteiger partial charge is 0.200 e. The highest BCUT2D eigenvalue weighted by Gasteiger charge is 2.26. The summed E-state index contributed by atoms with van der Waals surface area (Å²) < 4.78 is 66.2. The van der Waals surface area contributed by atoms with Crippen LogP contribution in [-0.2, 0) is 0 Å². The summed E-state index contributed by atoms with van der Waals surface area (Å²) in [7, 11) is 0. The molecule has 122 valence electrons. The molecule has 0 aliphatic carbocycles. The molecule has 0 fully saturated rings. The average molecular weight is 367 g/mol. The van der Waals surface area contributed by atoms with Crippen LogP contribution in [0.2, 0.25) is 5.02 Å². The van der Waals surface area contributed by atoms with Crippen LogP contribution < -0.4 is 10.6 Å². The van der Waals surface area contributed by atoms with Crippen molar-refractivity contribution in [1.82, 2.24) is 0 Å². The van der Waals surface area contributed by atoms with Crippen molar-refractivity contribution in [2.24, 2.45) is 0 Å². The van der Waals surface area contributed by atoms with Crippen LogP contribution in [0.3, 0.4) is 0 Å². The Morgan fingerprint density at radius 1 is 0.913 bits per heavy atom. The predicted molar refractivity (Wildman–Crippen MR) is 82.3 cm³/mol. The molecular formula is C14H8ClF5N2S. The van der Waals surface area contributed by atoms with Gasteiger partial charge in [-0.05, 0) is 36.8 Å². The zero-order chi connectivity index (χ0) is 17.3. The summed E-state index contributed by atoms with van der Waals surface area (Å²) in [5.41, 5.74) is -0.0741. The molecule has 0 saturated heterocycles. The van der Waals surface area contributed by atoms with Gasteiger partial charge in [0.2, 0.25) is 5.82 Å². The van der Waals surface area contributed by atoms with E-state index in [2.05, 4.69) is 5.32 Å². The molecule has 23 heavy (non-hydrogen) atoms. The van der Waals surface area contributed by atoms with Gasteiger partial charge >= 0.3 is 0 Å². The molecule has 0 aromatic heterocycles. The van der Waals surface area contributed by atoms with Crippen LogP contribution in [0, 0.1) is 36.0 Å². The Kier molecular flexibility index (Phi) is 5.06. The van der Waals surface area contributed by atoms with Gasteiger partial charge in [-0.1, -0.05) is 17.7 Å². The molecule has 0 aliphatic heterocycles. The molecule has 0 saturated carbocycles. The highest BCUT2D eigenvalue weighted by molar-refractivity contribution is 7.80. The molecule has 0 spiro atoms. The Hall–Kier alpha value is -1.93. The normalized spacial score (nSPS) is 10.6. The van der Waals surface area contributed by atoms with Crippen molar-refractivity contribution in [3.8, 4) is 0 Å². The first-order valence-electron chi connectivity index (χ1n) is 6.08. The van der Waals surface area contributed by atoms with E-state index in [1.165, 1.54) is 6.07 Å². The van der Waals surface area contributed by atoms with Crippen molar-refractivity contribution in [1.29, 1.82) is 0 Å². The molecule has 2 aromatic rings. The Labute approximate surface area is 138 Å². The second-order valence-corrected chi connectivity index (χ2v) is 5.30. The van der Waals surface area contributed by atoms with Crippen LogP contribution in [0.4, 0.5) is 33.3 Å². The lowest BCUT2D eigenvalue weighted by atomic mass is 10.2. The minimum absolute atomic E-state index is 0.367. The fourth-order valence-electron chi connectivity index (χ4n) is 1.66. The lowest BCUT2D eigenvalue weighted by Gasteiger charge is -2.13. The second-order valence-electron chi connectivity index (χ2n) is 4.49. The van der Waals surface area contributed by atoms with E-state index in [9.17, 15) is 22.0 Å². The van der Waals surface area contributed by atoms with Crippen molar-refractivity contribution < 1.29 is 22.0 Å². The Bertz CT molecular complexity index is 768. The van der Waals surface area contributed by atoms with Crippen LogP contribution in [0.15, 0.2) is 18.2 Å². The number of thiocarbonyl (C=S) groups is 1. The fraction of sp³-hybridized carbons (Fsp3) is 0.0714. The highest BCUT2D eigenvalue weighted by atomic mass is 35.5. The minimum atomic E-state index is -2.24. The fourth-order valence-corrected chi connectivity index (χ4v) is 2.06. The molecular weight excluding hydrogens is 359 g/mol. The average Bonchev–Trinajstić information content (AvgIpc) is 2.51. The number of rotatable bonds is 2. The first-order chi connectivity index (χ1) is 10.7. The quantitative estimate of drug-likeness (QED) is 0.332. The molecule has 0 atom stereocenters. The molecule has 2 N–H and O–H groups in total. The Morgan fingerprint density at radius 2 is 1.43 bits per heavy atom. The zero-order valence-electron chi connectivity index (χ0n) is 11.4. The van der Waals surface area contributed by atoms with Crippen LogP contribution in [-0.4, -0.2) is 5.11 Å². The van der Waals surface area contributed by atoms with Crippen molar-refractivity contribution in [2.45, 2.75) is 6.92 Å². The molecule has 2 nitrogen and oxygen atoms in total. The predicted octanol–water partition coefficient (Wildman–Crippen LogP) is 5.15. The maximum Gasteiger partial charge on any atom is 0.200 e. The van der Waals surface area contributed by atoms with Crippen molar-refractivity contribution in [2.75, 3.05) is 10.6 Å². The number of anilines is 2. The summed E-state index contributed by atoms with van der Waals surface area (Å²) in [6.45, 7) is 1.76.